The highest BCUT2D eigenvalue weighted by Gasteiger charge is 2.25. The molecule has 1 aliphatic heterocycles. The minimum absolute atomic E-state index is 0.0459. The fourth-order valence-corrected chi connectivity index (χ4v) is 2.29. The number of aromatic nitrogens is 2. The molecule has 6 heteroatoms. The van der Waals surface area contributed by atoms with E-state index in [2.05, 4.69) is 14.9 Å². The third kappa shape index (κ3) is 2.93. The minimum Gasteiger partial charge on any atom is -0.338 e. The molecule has 1 atom stereocenters. The monoisotopic (exact) mass is 266 g/mol. The van der Waals surface area contributed by atoms with Gasteiger partial charge in [0.15, 0.2) is 0 Å². The zero-order valence-corrected chi connectivity index (χ0v) is 11.6. The highest BCUT2D eigenvalue weighted by Crippen LogP contribution is 2.14. The second-order valence-corrected chi connectivity index (χ2v) is 5.42. The molecule has 1 amide bonds. The molecule has 2 rings (SSSR count). The lowest BCUT2D eigenvalue weighted by Gasteiger charge is -2.35. The molecule has 0 aliphatic carbocycles. The number of thioether (sulfide) groups is 1. The second-order valence-electron chi connectivity index (χ2n) is 4.24. The number of hydrogen-bond acceptors (Lipinski definition) is 5. The van der Waals surface area contributed by atoms with Crippen molar-refractivity contribution < 1.29 is 4.79 Å². The van der Waals surface area contributed by atoms with Gasteiger partial charge in [-0.15, -0.1) is 0 Å². The lowest BCUT2D eigenvalue weighted by molar-refractivity contribution is -0.130. The van der Waals surface area contributed by atoms with Gasteiger partial charge in [0.05, 0.1) is 5.25 Å². The second kappa shape index (κ2) is 6.04. The van der Waals surface area contributed by atoms with Gasteiger partial charge in [-0.3, -0.25) is 4.79 Å². The van der Waals surface area contributed by atoms with E-state index in [4.69, 9.17) is 0 Å². The molecule has 1 aromatic heterocycles. The third-order valence-corrected chi connectivity index (χ3v) is 4.04. The molecule has 0 spiro atoms. The molecule has 98 valence electrons. The van der Waals surface area contributed by atoms with Gasteiger partial charge in [0.2, 0.25) is 11.9 Å². The molecule has 5 nitrogen and oxygen atoms in total. The van der Waals surface area contributed by atoms with Gasteiger partial charge in [0.25, 0.3) is 0 Å². The lowest BCUT2D eigenvalue weighted by atomic mass is 10.3. The summed E-state index contributed by atoms with van der Waals surface area (Å²) in [5.74, 6) is 0.985. The van der Waals surface area contributed by atoms with E-state index in [0.29, 0.717) is 0 Å². The van der Waals surface area contributed by atoms with Gasteiger partial charge in [-0.1, -0.05) is 0 Å². The average molecular weight is 266 g/mol. The van der Waals surface area contributed by atoms with Crippen LogP contribution in [0, 0.1) is 0 Å². The largest absolute Gasteiger partial charge is 0.338 e. The van der Waals surface area contributed by atoms with Crippen LogP contribution in [0.1, 0.15) is 6.92 Å². The molecule has 2 heterocycles. The van der Waals surface area contributed by atoms with Gasteiger partial charge < -0.3 is 9.80 Å². The lowest BCUT2D eigenvalue weighted by Crippen LogP contribution is -2.51. The van der Waals surface area contributed by atoms with E-state index in [-0.39, 0.29) is 11.2 Å². The normalized spacial score (nSPS) is 17.7. The summed E-state index contributed by atoms with van der Waals surface area (Å²) in [6.45, 7) is 5.07. The Morgan fingerprint density at radius 2 is 1.89 bits per heavy atom. The van der Waals surface area contributed by atoms with E-state index in [1.54, 1.807) is 24.2 Å². The van der Waals surface area contributed by atoms with Crippen LogP contribution in [-0.4, -0.2) is 58.5 Å². The summed E-state index contributed by atoms with van der Waals surface area (Å²) in [5, 5.41) is 0.0459. The molecule has 0 bridgehead atoms. The Bertz CT molecular complexity index is 392. The third-order valence-electron chi connectivity index (χ3n) is 3.13. The van der Waals surface area contributed by atoms with Crippen molar-refractivity contribution in [1.82, 2.24) is 14.9 Å². The van der Waals surface area contributed by atoms with Gasteiger partial charge in [-0.05, 0) is 19.2 Å². The number of amides is 1. The summed E-state index contributed by atoms with van der Waals surface area (Å²) in [5.41, 5.74) is 0. The fourth-order valence-electron chi connectivity index (χ4n) is 1.94. The standard InChI is InChI=1S/C12H18N4OS/c1-10(18-2)11(17)15-6-8-16(9-7-15)12-13-4-3-5-14-12/h3-5,10H,6-9H2,1-2H3. The van der Waals surface area contributed by atoms with Crippen LogP contribution >= 0.6 is 11.8 Å². The maximum absolute atomic E-state index is 12.0. The van der Waals surface area contributed by atoms with E-state index in [9.17, 15) is 4.79 Å². The molecule has 1 aromatic rings. The predicted octanol–water partition coefficient (Wildman–Crippen LogP) is 0.877. The number of piperazine rings is 1. The average Bonchev–Trinajstić information content (AvgIpc) is 2.47. The van der Waals surface area contributed by atoms with Crippen LogP contribution in [0.5, 0.6) is 0 Å². The molecular formula is C12H18N4OS. The molecule has 1 unspecified atom stereocenters. The van der Waals surface area contributed by atoms with Crippen LogP contribution in [-0.2, 0) is 4.79 Å². The molecule has 1 fully saturated rings. The summed E-state index contributed by atoms with van der Waals surface area (Å²) < 4.78 is 0. The van der Waals surface area contributed by atoms with Crippen molar-refractivity contribution in [3.8, 4) is 0 Å². The summed E-state index contributed by atoms with van der Waals surface area (Å²) in [6.07, 6.45) is 5.46. The molecule has 1 saturated heterocycles. The van der Waals surface area contributed by atoms with Gasteiger partial charge in [-0.25, -0.2) is 9.97 Å². The predicted molar refractivity (Wildman–Crippen MR) is 73.8 cm³/mol. The molecule has 0 saturated carbocycles. The number of rotatable bonds is 3. The van der Waals surface area contributed by atoms with Crippen LogP contribution in [0.25, 0.3) is 0 Å². The zero-order valence-electron chi connectivity index (χ0n) is 10.7. The van der Waals surface area contributed by atoms with E-state index in [1.807, 2.05) is 24.1 Å². The minimum atomic E-state index is 0.0459. The van der Waals surface area contributed by atoms with Gasteiger partial charge >= 0.3 is 0 Å². The SMILES string of the molecule is CSC(C)C(=O)N1CCN(c2ncccn2)CC1. The quantitative estimate of drug-likeness (QED) is 0.813. The smallest absolute Gasteiger partial charge is 0.235 e. The van der Waals surface area contributed by atoms with Crippen molar-refractivity contribution in [3.63, 3.8) is 0 Å². The van der Waals surface area contributed by atoms with Crippen LogP contribution in [0.15, 0.2) is 18.5 Å². The summed E-state index contributed by atoms with van der Waals surface area (Å²) in [4.78, 5) is 24.5. The number of nitrogens with zero attached hydrogens (tertiary/aromatic N) is 4. The first-order valence-electron chi connectivity index (χ1n) is 6.06. The summed E-state index contributed by atoms with van der Waals surface area (Å²) in [7, 11) is 0. The van der Waals surface area contributed by atoms with Crippen molar-refractivity contribution in [2.75, 3.05) is 37.3 Å². The Kier molecular flexibility index (Phi) is 4.41. The number of anilines is 1. The first kappa shape index (κ1) is 13.1. The molecule has 0 N–H and O–H groups in total. The van der Waals surface area contributed by atoms with Crippen molar-refractivity contribution in [2.45, 2.75) is 12.2 Å². The van der Waals surface area contributed by atoms with Crippen molar-refractivity contribution in [1.29, 1.82) is 0 Å². The van der Waals surface area contributed by atoms with Gasteiger partial charge in [-0.2, -0.15) is 11.8 Å². The first-order valence-corrected chi connectivity index (χ1v) is 7.34. The van der Waals surface area contributed by atoms with Crippen molar-refractivity contribution in [3.05, 3.63) is 18.5 Å². The maximum atomic E-state index is 12.0. The number of carbonyl (C=O) groups excluding carboxylic acids is 1. The van der Waals surface area contributed by atoms with Crippen LogP contribution in [0.3, 0.4) is 0 Å². The highest BCUT2D eigenvalue weighted by atomic mass is 32.2. The Morgan fingerprint density at radius 1 is 1.28 bits per heavy atom. The van der Waals surface area contributed by atoms with Crippen LogP contribution < -0.4 is 4.90 Å². The Labute approximate surface area is 112 Å². The van der Waals surface area contributed by atoms with Gasteiger partial charge in [0, 0.05) is 38.6 Å². The summed E-state index contributed by atoms with van der Waals surface area (Å²) in [6, 6.07) is 1.81. The van der Waals surface area contributed by atoms with Crippen LogP contribution in [0.2, 0.25) is 0 Å². The molecule has 0 radical (unpaired) electrons. The topological polar surface area (TPSA) is 49.3 Å². The Hall–Kier alpha value is -1.30. The number of hydrogen-bond donors (Lipinski definition) is 0. The first-order chi connectivity index (χ1) is 8.72. The zero-order chi connectivity index (χ0) is 13.0. The van der Waals surface area contributed by atoms with Gasteiger partial charge in [0.1, 0.15) is 0 Å². The fraction of sp³-hybridized carbons (Fsp3) is 0.583. The highest BCUT2D eigenvalue weighted by molar-refractivity contribution is 7.99. The Morgan fingerprint density at radius 3 is 2.44 bits per heavy atom. The van der Waals surface area contributed by atoms with E-state index >= 15 is 0 Å². The molecule has 1 aliphatic rings. The van der Waals surface area contributed by atoms with E-state index in [1.165, 1.54) is 0 Å². The molecule has 0 aromatic carbocycles. The summed E-state index contributed by atoms with van der Waals surface area (Å²) >= 11 is 1.59. The van der Waals surface area contributed by atoms with E-state index < -0.39 is 0 Å². The van der Waals surface area contributed by atoms with Crippen molar-refractivity contribution >= 4 is 23.6 Å². The maximum Gasteiger partial charge on any atom is 0.235 e. The van der Waals surface area contributed by atoms with Crippen LogP contribution in [0.4, 0.5) is 5.95 Å². The van der Waals surface area contributed by atoms with Crippen molar-refractivity contribution in [2.24, 2.45) is 0 Å². The molecule has 18 heavy (non-hydrogen) atoms. The van der Waals surface area contributed by atoms with E-state index in [0.717, 1.165) is 32.1 Å². The Balaban J connectivity index is 1.90. The number of carbonyl (C=O) groups is 1. The molecular weight excluding hydrogens is 248 g/mol.